The van der Waals surface area contributed by atoms with Gasteiger partial charge in [0.25, 0.3) is 0 Å². The van der Waals surface area contributed by atoms with Gasteiger partial charge >= 0.3 is 0 Å². The van der Waals surface area contributed by atoms with Crippen LogP contribution in [0, 0.1) is 6.92 Å². The second-order valence-electron chi connectivity index (χ2n) is 5.80. The molecule has 4 heteroatoms. The molecule has 2 N–H and O–H groups in total. The van der Waals surface area contributed by atoms with E-state index in [0.29, 0.717) is 17.2 Å². The lowest BCUT2D eigenvalue weighted by Crippen LogP contribution is -2.14. The van der Waals surface area contributed by atoms with Crippen molar-refractivity contribution in [2.24, 2.45) is 0 Å². The quantitative estimate of drug-likeness (QED) is 0.713. The van der Waals surface area contributed by atoms with Gasteiger partial charge in [-0.25, -0.2) is 0 Å². The van der Waals surface area contributed by atoms with E-state index in [4.69, 9.17) is 4.74 Å². The van der Waals surface area contributed by atoms with Gasteiger partial charge in [-0.3, -0.25) is 4.79 Å². The smallest absolute Gasteiger partial charge is 0.228 e. The van der Waals surface area contributed by atoms with E-state index in [1.165, 1.54) is 0 Å². The summed E-state index contributed by atoms with van der Waals surface area (Å²) in [6, 6.07) is 21.6. The Hall–Kier alpha value is -3.27. The summed E-state index contributed by atoms with van der Waals surface area (Å²) in [4.78, 5) is 12.3. The first kappa shape index (κ1) is 16.6. The number of amides is 1. The molecule has 0 bridgehead atoms. The minimum absolute atomic E-state index is 0.148. The minimum Gasteiger partial charge on any atom is -0.508 e. The van der Waals surface area contributed by atoms with Crippen molar-refractivity contribution in [1.29, 1.82) is 0 Å². The van der Waals surface area contributed by atoms with Crippen LogP contribution in [0.1, 0.15) is 11.1 Å². The third-order valence-electron chi connectivity index (χ3n) is 3.71. The molecule has 0 unspecified atom stereocenters. The summed E-state index contributed by atoms with van der Waals surface area (Å²) >= 11 is 0. The van der Waals surface area contributed by atoms with E-state index in [9.17, 15) is 9.90 Å². The van der Waals surface area contributed by atoms with E-state index in [0.717, 1.165) is 11.1 Å². The topological polar surface area (TPSA) is 58.6 Å². The Morgan fingerprint density at radius 1 is 0.960 bits per heavy atom. The monoisotopic (exact) mass is 333 g/mol. The summed E-state index contributed by atoms with van der Waals surface area (Å²) in [5.41, 5.74) is 2.60. The summed E-state index contributed by atoms with van der Waals surface area (Å²) in [5, 5.41) is 12.2. The molecular weight excluding hydrogens is 314 g/mol. The molecule has 3 aromatic rings. The lowest BCUT2D eigenvalue weighted by Gasteiger charge is -2.12. The molecule has 0 radical (unpaired) electrons. The number of hydrogen-bond donors (Lipinski definition) is 2. The van der Waals surface area contributed by atoms with Gasteiger partial charge in [-0.15, -0.1) is 0 Å². The summed E-state index contributed by atoms with van der Waals surface area (Å²) in [7, 11) is 0. The number of carbonyl (C=O) groups is 1. The van der Waals surface area contributed by atoms with Crippen LogP contribution in [0.3, 0.4) is 0 Å². The fraction of sp³-hybridized carbons (Fsp3) is 0.0952. The summed E-state index contributed by atoms with van der Waals surface area (Å²) in [6.07, 6.45) is 0.221. The van der Waals surface area contributed by atoms with E-state index in [1.807, 2.05) is 49.4 Å². The lowest BCUT2D eigenvalue weighted by atomic mass is 10.1. The van der Waals surface area contributed by atoms with Crippen LogP contribution in [-0.2, 0) is 11.2 Å². The van der Waals surface area contributed by atoms with E-state index in [1.54, 1.807) is 30.3 Å². The van der Waals surface area contributed by atoms with E-state index < -0.39 is 0 Å². The van der Waals surface area contributed by atoms with Gasteiger partial charge in [0, 0.05) is 0 Å². The third-order valence-corrected chi connectivity index (χ3v) is 3.71. The van der Waals surface area contributed by atoms with Crippen molar-refractivity contribution in [3.05, 3.63) is 83.9 Å². The number of phenols is 1. The molecule has 0 fully saturated rings. The van der Waals surface area contributed by atoms with Gasteiger partial charge in [-0.05, 0) is 48.9 Å². The molecule has 0 aliphatic carbocycles. The molecule has 1 amide bonds. The highest BCUT2D eigenvalue weighted by atomic mass is 16.5. The summed E-state index contributed by atoms with van der Waals surface area (Å²) < 4.78 is 5.88. The van der Waals surface area contributed by atoms with Crippen LogP contribution in [0.5, 0.6) is 17.2 Å². The van der Waals surface area contributed by atoms with Gasteiger partial charge in [0.15, 0.2) is 5.75 Å². The van der Waals surface area contributed by atoms with Gasteiger partial charge in [-0.1, -0.05) is 42.0 Å². The number of aryl methyl sites for hydroxylation is 1. The van der Waals surface area contributed by atoms with Crippen LogP contribution in [0.15, 0.2) is 72.8 Å². The second kappa shape index (κ2) is 7.53. The average Bonchev–Trinajstić information content (AvgIpc) is 2.61. The molecule has 25 heavy (non-hydrogen) atoms. The van der Waals surface area contributed by atoms with Crippen molar-refractivity contribution < 1.29 is 14.6 Å². The van der Waals surface area contributed by atoms with E-state index >= 15 is 0 Å². The standard InChI is InChI=1S/C21H19NO3/c1-15-6-12-18(13-7-15)25-20-5-3-2-4-19(20)22-21(24)14-16-8-10-17(23)11-9-16/h2-13,23H,14H2,1H3,(H,22,24). The second-order valence-corrected chi connectivity index (χ2v) is 5.80. The number of anilines is 1. The van der Waals surface area contributed by atoms with Crippen LogP contribution in [-0.4, -0.2) is 11.0 Å². The molecule has 4 nitrogen and oxygen atoms in total. The zero-order valence-corrected chi connectivity index (χ0v) is 13.9. The Bertz CT molecular complexity index is 855. The molecule has 0 saturated carbocycles. The first-order valence-corrected chi connectivity index (χ1v) is 8.01. The Balaban J connectivity index is 1.70. The molecule has 0 aromatic heterocycles. The molecule has 126 valence electrons. The lowest BCUT2D eigenvalue weighted by molar-refractivity contribution is -0.115. The maximum Gasteiger partial charge on any atom is 0.228 e. The largest absolute Gasteiger partial charge is 0.508 e. The van der Waals surface area contributed by atoms with E-state index in [-0.39, 0.29) is 18.1 Å². The molecule has 0 atom stereocenters. The van der Waals surface area contributed by atoms with Crippen LogP contribution in [0.25, 0.3) is 0 Å². The number of nitrogens with one attached hydrogen (secondary N) is 1. The highest BCUT2D eigenvalue weighted by Crippen LogP contribution is 2.29. The number of para-hydroxylation sites is 2. The van der Waals surface area contributed by atoms with Gasteiger partial charge < -0.3 is 15.2 Å². The molecule has 0 aliphatic rings. The first-order valence-electron chi connectivity index (χ1n) is 8.01. The van der Waals surface area contributed by atoms with Crippen molar-refractivity contribution in [1.82, 2.24) is 0 Å². The highest BCUT2D eigenvalue weighted by Gasteiger charge is 2.09. The third kappa shape index (κ3) is 4.61. The van der Waals surface area contributed by atoms with Crippen molar-refractivity contribution in [3.8, 4) is 17.2 Å². The van der Waals surface area contributed by atoms with Gasteiger partial charge in [0.2, 0.25) is 5.91 Å². The number of phenolic OH excluding ortho intramolecular Hbond substituents is 1. The Labute approximate surface area is 146 Å². The van der Waals surface area contributed by atoms with Crippen molar-refractivity contribution >= 4 is 11.6 Å². The number of carbonyl (C=O) groups excluding carboxylic acids is 1. The summed E-state index contributed by atoms with van der Waals surface area (Å²) in [5.74, 6) is 1.34. The molecule has 0 aliphatic heterocycles. The molecule has 3 rings (SSSR count). The maximum absolute atomic E-state index is 12.3. The van der Waals surface area contributed by atoms with Gasteiger partial charge in [0.05, 0.1) is 12.1 Å². The Kier molecular flexibility index (Phi) is 5.00. The van der Waals surface area contributed by atoms with Crippen molar-refractivity contribution in [3.63, 3.8) is 0 Å². The van der Waals surface area contributed by atoms with Crippen LogP contribution < -0.4 is 10.1 Å². The molecule has 0 heterocycles. The fourth-order valence-corrected chi connectivity index (χ4v) is 2.39. The van der Waals surface area contributed by atoms with Crippen LogP contribution in [0.2, 0.25) is 0 Å². The molecule has 3 aromatic carbocycles. The predicted molar refractivity (Wildman–Crippen MR) is 98.1 cm³/mol. The SMILES string of the molecule is Cc1ccc(Oc2ccccc2NC(=O)Cc2ccc(O)cc2)cc1. The average molecular weight is 333 g/mol. The van der Waals surface area contributed by atoms with E-state index in [2.05, 4.69) is 5.32 Å². The number of aromatic hydroxyl groups is 1. The maximum atomic E-state index is 12.3. The van der Waals surface area contributed by atoms with Crippen LogP contribution >= 0.6 is 0 Å². The fourth-order valence-electron chi connectivity index (χ4n) is 2.39. The van der Waals surface area contributed by atoms with Gasteiger partial charge in [0.1, 0.15) is 11.5 Å². The predicted octanol–water partition coefficient (Wildman–Crippen LogP) is 4.67. The summed E-state index contributed by atoms with van der Waals surface area (Å²) in [6.45, 7) is 2.02. The molecular formula is C21H19NO3. The zero-order valence-electron chi connectivity index (χ0n) is 13.9. The number of ether oxygens (including phenoxy) is 1. The normalized spacial score (nSPS) is 10.3. The van der Waals surface area contributed by atoms with Crippen molar-refractivity contribution in [2.45, 2.75) is 13.3 Å². The molecule has 0 saturated heterocycles. The number of hydrogen-bond acceptors (Lipinski definition) is 3. The Morgan fingerprint density at radius 3 is 2.36 bits per heavy atom. The van der Waals surface area contributed by atoms with Crippen LogP contribution in [0.4, 0.5) is 5.69 Å². The zero-order chi connectivity index (χ0) is 17.6. The van der Waals surface area contributed by atoms with Gasteiger partial charge in [-0.2, -0.15) is 0 Å². The number of benzene rings is 3. The minimum atomic E-state index is -0.148. The number of rotatable bonds is 5. The Morgan fingerprint density at radius 2 is 1.64 bits per heavy atom. The highest BCUT2D eigenvalue weighted by molar-refractivity contribution is 5.93. The first-order chi connectivity index (χ1) is 12.1. The van der Waals surface area contributed by atoms with Crippen molar-refractivity contribution in [2.75, 3.05) is 5.32 Å². The molecule has 0 spiro atoms.